The van der Waals surface area contributed by atoms with Crippen molar-refractivity contribution in [3.8, 4) is 0 Å². The zero-order valence-corrected chi connectivity index (χ0v) is 21.1. The lowest BCUT2D eigenvalue weighted by Gasteiger charge is -2.44. The van der Waals surface area contributed by atoms with Crippen LogP contribution < -0.4 is 5.32 Å². The van der Waals surface area contributed by atoms with E-state index in [0.29, 0.717) is 5.92 Å². The molecule has 5 nitrogen and oxygen atoms in total. The van der Waals surface area contributed by atoms with Gasteiger partial charge in [0.05, 0.1) is 5.70 Å². The molecule has 0 saturated carbocycles. The maximum absolute atomic E-state index is 13.5. The number of amides is 1. The van der Waals surface area contributed by atoms with Crippen molar-refractivity contribution in [1.29, 1.82) is 0 Å². The van der Waals surface area contributed by atoms with E-state index in [9.17, 15) is 4.79 Å². The van der Waals surface area contributed by atoms with Gasteiger partial charge in [0.1, 0.15) is 5.66 Å². The van der Waals surface area contributed by atoms with E-state index in [1.165, 1.54) is 61.4 Å². The number of allylic oxidation sites excluding steroid dienone is 4. The predicted molar refractivity (Wildman–Crippen MR) is 134 cm³/mol. The van der Waals surface area contributed by atoms with Crippen LogP contribution in [0.4, 0.5) is 0 Å². The third-order valence-electron chi connectivity index (χ3n) is 8.47. The molecule has 3 atom stereocenters. The van der Waals surface area contributed by atoms with Crippen LogP contribution in [0.15, 0.2) is 46.6 Å². The summed E-state index contributed by atoms with van der Waals surface area (Å²) in [7, 11) is 0. The van der Waals surface area contributed by atoms with Gasteiger partial charge in [-0.3, -0.25) is 4.79 Å². The Bertz CT molecular complexity index is 916. The standard InChI is InChI=1S/C28H42N4O/c1-20-11-12-23(17-25(20)30-13-7-5-8-14-30)26-22(3)29-28(4)18-21(2)24(19-32(26)28)27(33)31-15-9-6-10-16-31/h12,17,19-21,29H,5-11,13-16,18H2,1-4H3. The van der Waals surface area contributed by atoms with Crippen LogP contribution in [-0.4, -0.2) is 52.4 Å². The Balaban J connectivity index is 1.46. The summed E-state index contributed by atoms with van der Waals surface area (Å²) in [5.74, 6) is 1.07. The second-order valence-corrected chi connectivity index (χ2v) is 11.2. The van der Waals surface area contributed by atoms with E-state index in [0.717, 1.165) is 44.3 Å². The molecule has 0 aromatic rings. The molecule has 3 unspecified atom stereocenters. The fraction of sp³-hybridized carbons (Fsp3) is 0.679. The normalized spacial score (nSPS) is 32.7. The van der Waals surface area contributed by atoms with Crippen LogP contribution in [0.3, 0.4) is 0 Å². The Kier molecular flexibility index (Phi) is 6.09. The monoisotopic (exact) mass is 450 g/mol. The van der Waals surface area contributed by atoms with Crippen molar-refractivity contribution in [3.05, 3.63) is 46.6 Å². The van der Waals surface area contributed by atoms with Crippen molar-refractivity contribution >= 4 is 5.91 Å². The van der Waals surface area contributed by atoms with Crippen LogP contribution in [0.25, 0.3) is 0 Å². The van der Waals surface area contributed by atoms with Gasteiger partial charge in [0.25, 0.3) is 5.91 Å². The first-order valence-electron chi connectivity index (χ1n) is 13.3. The van der Waals surface area contributed by atoms with E-state index >= 15 is 0 Å². The van der Waals surface area contributed by atoms with Crippen LogP contribution >= 0.6 is 0 Å². The van der Waals surface area contributed by atoms with E-state index in [-0.39, 0.29) is 17.5 Å². The van der Waals surface area contributed by atoms with Crippen molar-refractivity contribution in [2.75, 3.05) is 26.2 Å². The van der Waals surface area contributed by atoms with Gasteiger partial charge in [-0.2, -0.15) is 0 Å². The number of nitrogens with zero attached hydrogens (tertiary/aromatic N) is 3. The number of hydrogen-bond donors (Lipinski definition) is 1. The Morgan fingerprint density at radius 3 is 2.36 bits per heavy atom. The molecule has 0 aromatic heterocycles. The molecular weight excluding hydrogens is 408 g/mol. The highest BCUT2D eigenvalue weighted by molar-refractivity contribution is 5.94. The van der Waals surface area contributed by atoms with Crippen LogP contribution in [0, 0.1) is 11.8 Å². The molecule has 0 bridgehead atoms. The lowest BCUT2D eigenvalue weighted by atomic mass is 9.85. The Labute approximate surface area is 200 Å². The lowest BCUT2D eigenvalue weighted by Crippen LogP contribution is -2.53. The SMILES string of the molecule is CC1=C(C2=CCC(C)C(N3CCCCC3)=C2)N2C=C(C(=O)N3CCCCC3)C(C)CC2(C)N1. The summed E-state index contributed by atoms with van der Waals surface area (Å²) in [6, 6.07) is 0. The van der Waals surface area contributed by atoms with Gasteiger partial charge in [0, 0.05) is 49.3 Å². The molecule has 5 aliphatic rings. The Morgan fingerprint density at radius 2 is 1.67 bits per heavy atom. The van der Waals surface area contributed by atoms with Crippen molar-refractivity contribution in [3.63, 3.8) is 0 Å². The van der Waals surface area contributed by atoms with Gasteiger partial charge >= 0.3 is 0 Å². The fourth-order valence-corrected chi connectivity index (χ4v) is 6.69. The summed E-state index contributed by atoms with van der Waals surface area (Å²) in [5, 5.41) is 3.81. The van der Waals surface area contributed by atoms with Crippen molar-refractivity contribution in [1.82, 2.24) is 20.0 Å². The molecule has 0 radical (unpaired) electrons. The maximum atomic E-state index is 13.5. The summed E-state index contributed by atoms with van der Waals surface area (Å²) >= 11 is 0. The van der Waals surface area contributed by atoms with E-state index in [1.54, 1.807) is 0 Å². The second kappa shape index (κ2) is 8.88. The number of carbonyl (C=O) groups is 1. The molecule has 2 saturated heterocycles. The molecule has 5 heteroatoms. The summed E-state index contributed by atoms with van der Waals surface area (Å²) in [4.78, 5) is 20.6. The zero-order valence-electron chi connectivity index (χ0n) is 21.1. The molecule has 2 fully saturated rings. The number of likely N-dealkylation sites (tertiary alicyclic amines) is 2. The van der Waals surface area contributed by atoms with E-state index < -0.39 is 0 Å². The summed E-state index contributed by atoms with van der Waals surface area (Å²) in [5.41, 5.74) is 6.11. The summed E-state index contributed by atoms with van der Waals surface area (Å²) in [6.07, 6.45) is 16.6. The van der Waals surface area contributed by atoms with Crippen molar-refractivity contribution < 1.29 is 4.79 Å². The number of carbonyl (C=O) groups excluding carboxylic acids is 1. The Morgan fingerprint density at radius 1 is 1.00 bits per heavy atom. The zero-order chi connectivity index (χ0) is 23.2. The van der Waals surface area contributed by atoms with Gasteiger partial charge in [-0.05, 0) is 88.7 Å². The molecule has 33 heavy (non-hydrogen) atoms. The summed E-state index contributed by atoms with van der Waals surface area (Å²) in [6.45, 7) is 13.3. The number of piperidine rings is 2. The minimum atomic E-state index is -0.173. The third kappa shape index (κ3) is 4.13. The fourth-order valence-electron chi connectivity index (χ4n) is 6.69. The summed E-state index contributed by atoms with van der Waals surface area (Å²) < 4.78 is 0. The number of nitrogens with one attached hydrogen (secondary N) is 1. The van der Waals surface area contributed by atoms with Crippen LogP contribution in [-0.2, 0) is 4.79 Å². The topological polar surface area (TPSA) is 38.8 Å². The van der Waals surface area contributed by atoms with Crippen LogP contribution in [0.5, 0.6) is 0 Å². The minimum absolute atomic E-state index is 0.173. The van der Waals surface area contributed by atoms with Gasteiger partial charge in [-0.25, -0.2) is 0 Å². The van der Waals surface area contributed by atoms with E-state index in [1.807, 2.05) is 0 Å². The Hall–Kier alpha value is -2.17. The molecule has 1 aliphatic carbocycles. The molecule has 180 valence electrons. The quantitative estimate of drug-likeness (QED) is 0.648. The van der Waals surface area contributed by atoms with Gasteiger partial charge in [0.15, 0.2) is 0 Å². The molecule has 5 rings (SSSR count). The number of hydrogen-bond acceptors (Lipinski definition) is 4. The van der Waals surface area contributed by atoms with Gasteiger partial charge in [-0.15, -0.1) is 0 Å². The van der Waals surface area contributed by atoms with Crippen molar-refractivity contribution in [2.24, 2.45) is 11.8 Å². The number of rotatable bonds is 3. The first kappa shape index (κ1) is 22.6. The first-order chi connectivity index (χ1) is 15.9. The molecule has 4 heterocycles. The lowest BCUT2D eigenvalue weighted by molar-refractivity contribution is -0.129. The molecule has 0 spiro atoms. The van der Waals surface area contributed by atoms with Gasteiger partial charge in [0.2, 0.25) is 0 Å². The molecule has 1 amide bonds. The largest absolute Gasteiger partial charge is 0.375 e. The molecule has 4 aliphatic heterocycles. The average molecular weight is 451 g/mol. The molecular formula is C28H42N4O. The van der Waals surface area contributed by atoms with E-state index in [2.05, 4.69) is 66.1 Å². The van der Waals surface area contributed by atoms with Crippen molar-refractivity contribution in [2.45, 2.75) is 84.7 Å². The smallest absolute Gasteiger partial charge is 0.251 e. The second-order valence-electron chi connectivity index (χ2n) is 11.2. The minimum Gasteiger partial charge on any atom is -0.375 e. The van der Waals surface area contributed by atoms with E-state index in [4.69, 9.17) is 0 Å². The molecule has 1 N–H and O–H groups in total. The van der Waals surface area contributed by atoms with Crippen LogP contribution in [0.1, 0.15) is 79.1 Å². The maximum Gasteiger partial charge on any atom is 0.251 e. The highest BCUT2D eigenvalue weighted by Crippen LogP contribution is 2.44. The predicted octanol–water partition coefficient (Wildman–Crippen LogP) is 5.11. The van der Waals surface area contributed by atoms with Crippen LogP contribution in [0.2, 0.25) is 0 Å². The van der Waals surface area contributed by atoms with Gasteiger partial charge in [-0.1, -0.05) is 19.9 Å². The molecule has 0 aromatic carbocycles. The highest BCUT2D eigenvalue weighted by Gasteiger charge is 2.46. The number of fused-ring (bicyclic) bond motifs is 1. The highest BCUT2D eigenvalue weighted by atomic mass is 16.2. The van der Waals surface area contributed by atoms with Gasteiger partial charge < -0.3 is 20.0 Å². The third-order valence-corrected chi connectivity index (χ3v) is 8.47. The first-order valence-corrected chi connectivity index (χ1v) is 13.3. The average Bonchev–Trinajstić information content (AvgIpc) is 3.08.